The fraction of sp³-hybridized carbons (Fsp3) is 0.486. The predicted molar refractivity (Wildman–Crippen MR) is 185 cm³/mol. The minimum Gasteiger partial charge on any atom is -0.416 e. The molecule has 244 valence electrons. The number of carbonyl (C=O) groups excluding carboxylic acids is 1. The zero-order chi connectivity index (χ0) is 33.1. The number of amides is 1. The number of hydrogen-bond acceptors (Lipinski definition) is 9. The first-order valence-electron chi connectivity index (χ1n) is 16.1. The number of nitrogens with one attached hydrogen (secondary N) is 3. The number of carbonyl (C=O) groups is 1. The molecule has 1 saturated heterocycles. The van der Waals surface area contributed by atoms with Crippen molar-refractivity contribution in [2.75, 3.05) is 63.2 Å². The summed E-state index contributed by atoms with van der Waals surface area (Å²) in [6.07, 6.45) is 1.71. The lowest BCUT2D eigenvalue weighted by atomic mass is 9.83. The summed E-state index contributed by atoms with van der Waals surface area (Å²) in [5.41, 5.74) is 6.05. The Morgan fingerprint density at radius 2 is 1.96 bits per heavy atom. The summed E-state index contributed by atoms with van der Waals surface area (Å²) < 4.78 is 12.1. The minimum absolute atomic E-state index is 0.104. The molecule has 3 N–H and O–H groups in total. The van der Waals surface area contributed by atoms with Crippen LogP contribution >= 0.6 is 0 Å². The van der Waals surface area contributed by atoms with Crippen LogP contribution in [0, 0.1) is 18.3 Å². The average Bonchev–Trinajstić information content (AvgIpc) is 3.37. The van der Waals surface area contributed by atoms with Crippen LogP contribution in [0.1, 0.15) is 54.7 Å². The lowest BCUT2D eigenvalue weighted by Crippen LogP contribution is -2.45. The van der Waals surface area contributed by atoms with Gasteiger partial charge in [-0.2, -0.15) is 5.26 Å². The van der Waals surface area contributed by atoms with Crippen LogP contribution in [-0.4, -0.2) is 81.6 Å². The molecule has 11 heteroatoms. The highest BCUT2D eigenvalue weighted by Crippen LogP contribution is 2.44. The maximum Gasteiger partial charge on any atom is 0.251 e. The van der Waals surface area contributed by atoms with Crippen molar-refractivity contribution >= 4 is 31.5 Å². The van der Waals surface area contributed by atoms with Crippen molar-refractivity contribution in [3.63, 3.8) is 0 Å². The number of aryl methyl sites for hydroxylation is 1. The molecule has 1 aromatic heterocycles. The van der Waals surface area contributed by atoms with Gasteiger partial charge < -0.3 is 25.1 Å². The summed E-state index contributed by atoms with van der Waals surface area (Å²) in [7, 11) is -1.97. The number of rotatable bonds is 10. The number of nitriles is 1. The van der Waals surface area contributed by atoms with E-state index in [2.05, 4.69) is 78.8 Å². The van der Waals surface area contributed by atoms with Crippen LogP contribution in [0.5, 0.6) is 0 Å². The van der Waals surface area contributed by atoms with Crippen LogP contribution in [0.4, 0.5) is 17.3 Å². The van der Waals surface area contributed by atoms with Crippen LogP contribution in [0.25, 0.3) is 11.3 Å². The predicted octanol–water partition coefficient (Wildman–Crippen LogP) is 5.83. The van der Waals surface area contributed by atoms with Gasteiger partial charge in [-0.1, -0.05) is 33.8 Å². The van der Waals surface area contributed by atoms with Gasteiger partial charge in [0.2, 0.25) is 5.95 Å². The van der Waals surface area contributed by atoms with Gasteiger partial charge in [0.25, 0.3) is 5.91 Å². The van der Waals surface area contributed by atoms with E-state index in [0.29, 0.717) is 42.5 Å². The number of ether oxygens (including phenoxy) is 1. The first-order valence-corrected chi connectivity index (χ1v) is 19.0. The second kappa shape index (κ2) is 13.5. The van der Waals surface area contributed by atoms with Crippen LogP contribution in [0.15, 0.2) is 42.6 Å². The molecule has 1 atom stereocenters. The molecule has 2 aliphatic rings. The second-order valence-corrected chi connectivity index (χ2v) is 19.0. The Hall–Kier alpha value is -3.82. The summed E-state index contributed by atoms with van der Waals surface area (Å²) in [6, 6.07) is 13.8. The summed E-state index contributed by atoms with van der Waals surface area (Å²) in [5.74, 6) is 0.286. The zero-order valence-electron chi connectivity index (χ0n) is 28.2. The summed E-state index contributed by atoms with van der Waals surface area (Å²) in [6.45, 7) is 21.3. The van der Waals surface area contributed by atoms with E-state index >= 15 is 0 Å². The zero-order valence-corrected chi connectivity index (χ0v) is 29.2. The normalized spacial score (nSPS) is 18.4. The topological polar surface area (TPSA) is 124 Å². The van der Waals surface area contributed by atoms with Gasteiger partial charge in [-0.05, 0) is 66.5 Å². The molecule has 0 radical (unpaired) electrons. The number of fused-ring (bicyclic) bond motifs is 1. The van der Waals surface area contributed by atoms with Crippen molar-refractivity contribution < 1.29 is 14.0 Å². The SMILES string of the molecule is Cc1ccc(C(=O)NCCN2CCOCC2)cc1Nc1nccc(-c2cc(C#N)c3c(c2)[C@@](C)(CO[Si](C)(C)C(C)(C)C)CN3)n1. The van der Waals surface area contributed by atoms with E-state index in [1.807, 2.05) is 37.3 Å². The van der Waals surface area contributed by atoms with Gasteiger partial charge in [0.05, 0.1) is 30.2 Å². The molecule has 3 aromatic rings. The lowest BCUT2D eigenvalue weighted by Gasteiger charge is -2.39. The van der Waals surface area contributed by atoms with Crippen LogP contribution in [-0.2, 0) is 14.6 Å². The van der Waals surface area contributed by atoms with Gasteiger partial charge in [0.1, 0.15) is 6.07 Å². The molecule has 0 unspecified atom stereocenters. The van der Waals surface area contributed by atoms with E-state index in [1.54, 1.807) is 6.20 Å². The van der Waals surface area contributed by atoms with Gasteiger partial charge in [-0.25, -0.2) is 9.97 Å². The van der Waals surface area contributed by atoms with Crippen molar-refractivity contribution in [2.24, 2.45) is 0 Å². The Labute approximate surface area is 274 Å². The van der Waals surface area contributed by atoms with Crippen molar-refractivity contribution in [1.82, 2.24) is 20.2 Å². The largest absolute Gasteiger partial charge is 0.416 e. The number of aromatic nitrogens is 2. The average molecular weight is 642 g/mol. The highest BCUT2D eigenvalue weighted by atomic mass is 28.4. The van der Waals surface area contributed by atoms with Crippen molar-refractivity contribution in [3.05, 3.63) is 64.8 Å². The lowest BCUT2D eigenvalue weighted by molar-refractivity contribution is 0.0383. The monoisotopic (exact) mass is 641 g/mol. The summed E-state index contributed by atoms with van der Waals surface area (Å²) in [4.78, 5) is 24.5. The standard InChI is InChI=1S/C35H47N7O3Si/c1-24-8-9-25(32(43)37-12-13-42-14-16-44-17-15-42)20-30(24)41-33-38-11-10-29(40-33)26-18-27(21-36)31-28(19-26)35(5,22-39-31)23-45-46(6,7)34(2,3)4/h8-11,18-20,39H,12-17,22-23H2,1-7H3,(H,37,43)(H,38,40,41)/t35-/m1/s1. The Morgan fingerprint density at radius 3 is 2.67 bits per heavy atom. The van der Waals surface area contributed by atoms with Crippen LogP contribution in [0.3, 0.4) is 0 Å². The fourth-order valence-corrected chi connectivity index (χ4v) is 6.57. The van der Waals surface area contributed by atoms with Crippen molar-refractivity contribution in [1.29, 1.82) is 5.26 Å². The second-order valence-electron chi connectivity index (χ2n) is 14.2. The Morgan fingerprint density at radius 1 is 1.20 bits per heavy atom. The molecule has 5 rings (SSSR count). The number of nitrogens with zero attached hydrogens (tertiary/aromatic N) is 4. The molecular formula is C35H47N7O3Si. The number of benzene rings is 2. The van der Waals surface area contributed by atoms with Crippen molar-refractivity contribution in [3.8, 4) is 17.3 Å². The molecule has 3 heterocycles. The third-order valence-corrected chi connectivity index (χ3v) is 14.1. The van der Waals surface area contributed by atoms with E-state index < -0.39 is 8.32 Å². The molecule has 46 heavy (non-hydrogen) atoms. The van der Waals surface area contributed by atoms with Gasteiger partial charge in [-0.15, -0.1) is 0 Å². The van der Waals surface area contributed by atoms with E-state index in [9.17, 15) is 10.1 Å². The molecule has 0 aliphatic carbocycles. The maximum absolute atomic E-state index is 12.9. The summed E-state index contributed by atoms with van der Waals surface area (Å²) in [5, 5.41) is 20.0. The number of morpholine rings is 1. The molecule has 1 amide bonds. The smallest absolute Gasteiger partial charge is 0.251 e. The molecule has 0 saturated carbocycles. The van der Waals surface area contributed by atoms with Crippen LogP contribution in [0.2, 0.25) is 18.1 Å². The number of hydrogen-bond donors (Lipinski definition) is 3. The van der Waals surface area contributed by atoms with Crippen LogP contribution < -0.4 is 16.0 Å². The van der Waals surface area contributed by atoms with Crippen molar-refractivity contribution in [2.45, 2.75) is 58.2 Å². The molecule has 2 aliphatic heterocycles. The molecule has 0 spiro atoms. The number of anilines is 3. The Balaban J connectivity index is 1.34. The third kappa shape index (κ3) is 7.42. The molecule has 10 nitrogen and oxygen atoms in total. The van der Waals surface area contributed by atoms with Gasteiger partial charge in [-0.3, -0.25) is 9.69 Å². The highest BCUT2D eigenvalue weighted by molar-refractivity contribution is 6.74. The minimum atomic E-state index is -1.97. The quantitative estimate of drug-likeness (QED) is 0.235. The Kier molecular flexibility index (Phi) is 9.84. The molecular weight excluding hydrogens is 595 g/mol. The third-order valence-electron chi connectivity index (χ3n) is 9.64. The fourth-order valence-electron chi connectivity index (χ4n) is 5.46. The van der Waals surface area contributed by atoms with E-state index in [-0.39, 0.29) is 16.4 Å². The molecule has 2 aromatic carbocycles. The van der Waals surface area contributed by atoms with Gasteiger partial charge >= 0.3 is 0 Å². The first-order chi connectivity index (χ1) is 21.8. The summed E-state index contributed by atoms with van der Waals surface area (Å²) >= 11 is 0. The maximum atomic E-state index is 12.9. The Bertz CT molecular complexity index is 1630. The van der Waals surface area contributed by atoms with E-state index in [4.69, 9.17) is 14.1 Å². The van der Waals surface area contributed by atoms with Gasteiger partial charge in [0.15, 0.2) is 8.32 Å². The van der Waals surface area contributed by atoms with E-state index in [0.717, 1.165) is 60.9 Å². The van der Waals surface area contributed by atoms with Gasteiger partial charge in [0, 0.05) is 67.8 Å². The molecule has 0 bridgehead atoms. The van der Waals surface area contributed by atoms with E-state index in [1.165, 1.54) is 0 Å². The molecule has 1 fully saturated rings. The first kappa shape index (κ1) is 33.5. The highest BCUT2D eigenvalue weighted by Gasteiger charge is 2.42.